The van der Waals surface area contributed by atoms with Crippen LogP contribution in [0, 0.1) is 13.8 Å². The number of anilines is 1. The van der Waals surface area contributed by atoms with Gasteiger partial charge in [0.15, 0.2) is 0 Å². The first-order valence-corrected chi connectivity index (χ1v) is 11.0. The lowest BCUT2D eigenvalue weighted by atomic mass is 9.99. The highest BCUT2D eigenvalue weighted by Gasteiger charge is 2.37. The molecule has 0 spiro atoms. The van der Waals surface area contributed by atoms with Gasteiger partial charge in [-0.05, 0) is 61.2 Å². The first kappa shape index (κ1) is 22.8. The van der Waals surface area contributed by atoms with E-state index in [1.54, 1.807) is 30.3 Å². The van der Waals surface area contributed by atoms with Gasteiger partial charge < -0.3 is 0 Å². The number of carbonyl (C=O) groups excluding carboxylic acids is 3. The Balaban J connectivity index is 1.64. The number of urea groups is 1. The largest absolute Gasteiger partial charge is 0.335 e. The minimum atomic E-state index is -0.850. The van der Waals surface area contributed by atoms with Crippen LogP contribution in [0.25, 0.3) is 6.08 Å². The van der Waals surface area contributed by atoms with E-state index < -0.39 is 17.8 Å². The SMILES string of the molecule is Cc1cc(C)cc(Cc2ccc(/C=C3\C(=O)NC(=O)N(c4ccccc4Cl)C3=O)cc2Cl)c1. The Bertz CT molecular complexity index is 1310. The van der Waals surface area contributed by atoms with Crippen LogP contribution in [0.4, 0.5) is 10.5 Å². The summed E-state index contributed by atoms with van der Waals surface area (Å²) in [5.41, 5.74) is 5.02. The van der Waals surface area contributed by atoms with E-state index in [4.69, 9.17) is 23.2 Å². The van der Waals surface area contributed by atoms with Crippen LogP contribution in [-0.2, 0) is 16.0 Å². The van der Waals surface area contributed by atoms with Crippen molar-refractivity contribution in [3.05, 3.63) is 104 Å². The number of hydrogen-bond acceptors (Lipinski definition) is 3. The summed E-state index contributed by atoms with van der Waals surface area (Å²) in [4.78, 5) is 38.7. The molecule has 4 amide bonds. The van der Waals surface area contributed by atoms with E-state index in [2.05, 4.69) is 37.4 Å². The molecule has 7 heteroatoms. The highest BCUT2D eigenvalue weighted by molar-refractivity contribution is 6.42. The number of para-hydroxylation sites is 1. The van der Waals surface area contributed by atoms with Crippen LogP contribution in [0.2, 0.25) is 10.0 Å². The average Bonchev–Trinajstić information content (AvgIpc) is 2.73. The Morgan fingerprint density at radius 3 is 2.24 bits per heavy atom. The van der Waals surface area contributed by atoms with E-state index in [1.165, 1.54) is 23.3 Å². The zero-order valence-corrected chi connectivity index (χ0v) is 19.5. The van der Waals surface area contributed by atoms with Gasteiger partial charge in [-0.25, -0.2) is 9.69 Å². The molecule has 1 heterocycles. The van der Waals surface area contributed by atoms with E-state index in [0.717, 1.165) is 16.0 Å². The summed E-state index contributed by atoms with van der Waals surface area (Å²) in [6.45, 7) is 4.10. The molecule has 4 rings (SSSR count). The molecule has 5 nitrogen and oxygen atoms in total. The molecular weight excluding hydrogens is 459 g/mol. The number of barbiturate groups is 1. The number of aryl methyl sites for hydroxylation is 2. The van der Waals surface area contributed by atoms with Gasteiger partial charge in [0.1, 0.15) is 5.57 Å². The van der Waals surface area contributed by atoms with Crippen molar-refractivity contribution in [2.24, 2.45) is 0 Å². The zero-order valence-electron chi connectivity index (χ0n) is 18.0. The molecule has 1 N–H and O–H groups in total. The minimum Gasteiger partial charge on any atom is -0.273 e. The van der Waals surface area contributed by atoms with Crippen LogP contribution >= 0.6 is 23.2 Å². The van der Waals surface area contributed by atoms with Crippen LogP contribution in [0.1, 0.15) is 27.8 Å². The van der Waals surface area contributed by atoms with Crippen molar-refractivity contribution in [1.82, 2.24) is 5.32 Å². The summed E-state index contributed by atoms with van der Waals surface area (Å²) in [5, 5.41) is 2.93. The highest BCUT2D eigenvalue weighted by Crippen LogP contribution is 2.29. The quantitative estimate of drug-likeness (QED) is 0.376. The molecule has 3 aromatic rings. The molecule has 0 saturated carbocycles. The van der Waals surface area contributed by atoms with Gasteiger partial charge in [-0.2, -0.15) is 0 Å². The highest BCUT2D eigenvalue weighted by atomic mass is 35.5. The Morgan fingerprint density at radius 2 is 1.58 bits per heavy atom. The molecule has 1 saturated heterocycles. The third-order valence-electron chi connectivity index (χ3n) is 5.26. The van der Waals surface area contributed by atoms with E-state index in [-0.39, 0.29) is 16.3 Å². The van der Waals surface area contributed by atoms with Crippen LogP contribution in [0.3, 0.4) is 0 Å². The van der Waals surface area contributed by atoms with Gasteiger partial charge in [0, 0.05) is 5.02 Å². The fraction of sp³-hybridized carbons (Fsp3) is 0.115. The molecule has 1 aliphatic rings. The van der Waals surface area contributed by atoms with Crippen LogP contribution in [0.5, 0.6) is 0 Å². The fourth-order valence-electron chi connectivity index (χ4n) is 3.86. The third kappa shape index (κ3) is 4.85. The molecule has 3 aromatic carbocycles. The van der Waals surface area contributed by atoms with Gasteiger partial charge in [-0.15, -0.1) is 0 Å². The van der Waals surface area contributed by atoms with E-state index in [9.17, 15) is 14.4 Å². The van der Waals surface area contributed by atoms with Crippen molar-refractivity contribution >= 4 is 52.8 Å². The number of benzene rings is 3. The Morgan fingerprint density at radius 1 is 0.879 bits per heavy atom. The normalized spacial score (nSPS) is 15.2. The predicted molar refractivity (Wildman–Crippen MR) is 131 cm³/mol. The van der Waals surface area contributed by atoms with Crippen molar-refractivity contribution < 1.29 is 14.4 Å². The topological polar surface area (TPSA) is 66.5 Å². The number of hydrogen-bond donors (Lipinski definition) is 1. The maximum absolute atomic E-state index is 13.0. The molecule has 0 unspecified atom stereocenters. The summed E-state index contributed by atoms with van der Waals surface area (Å²) >= 11 is 12.7. The van der Waals surface area contributed by atoms with Crippen LogP contribution in [-0.4, -0.2) is 17.8 Å². The van der Waals surface area contributed by atoms with Crippen LogP contribution < -0.4 is 10.2 Å². The number of halogens is 2. The molecule has 0 atom stereocenters. The zero-order chi connectivity index (χ0) is 23.7. The summed E-state index contributed by atoms with van der Waals surface area (Å²) in [6, 6.07) is 17.3. The molecule has 33 heavy (non-hydrogen) atoms. The van der Waals surface area contributed by atoms with E-state index in [1.807, 2.05) is 6.07 Å². The lowest BCUT2D eigenvalue weighted by molar-refractivity contribution is -0.122. The first-order chi connectivity index (χ1) is 15.7. The number of amides is 4. The van der Waals surface area contributed by atoms with Gasteiger partial charge in [0.25, 0.3) is 11.8 Å². The van der Waals surface area contributed by atoms with Crippen molar-refractivity contribution in [1.29, 1.82) is 0 Å². The first-order valence-electron chi connectivity index (χ1n) is 10.2. The Hall–Kier alpha value is -3.41. The Labute approximate surface area is 201 Å². The molecule has 1 fully saturated rings. The minimum absolute atomic E-state index is 0.187. The lowest BCUT2D eigenvalue weighted by Gasteiger charge is -2.27. The van der Waals surface area contributed by atoms with E-state index >= 15 is 0 Å². The number of imide groups is 2. The van der Waals surface area contributed by atoms with Crippen molar-refractivity contribution in [2.75, 3.05) is 4.90 Å². The second kappa shape index (κ2) is 9.22. The van der Waals surface area contributed by atoms with Crippen molar-refractivity contribution in [2.45, 2.75) is 20.3 Å². The van der Waals surface area contributed by atoms with Crippen molar-refractivity contribution in [3.63, 3.8) is 0 Å². The fourth-order valence-corrected chi connectivity index (χ4v) is 4.34. The summed E-state index contributed by atoms with van der Waals surface area (Å²) < 4.78 is 0. The van der Waals surface area contributed by atoms with Gasteiger partial charge in [-0.1, -0.05) is 76.8 Å². The second-order valence-corrected chi connectivity index (χ2v) is 8.75. The summed E-state index contributed by atoms with van der Waals surface area (Å²) in [6.07, 6.45) is 2.08. The number of nitrogens with one attached hydrogen (secondary N) is 1. The predicted octanol–water partition coefficient (Wildman–Crippen LogP) is 5.87. The summed E-state index contributed by atoms with van der Waals surface area (Å²) in [5.74, 6) is -1.53. The Kier molecular flexibility index (Phi) is 6.36. The molecule has 0 aromatic heterocycles. The molecule has 0 bridgehead atoms. The molecule has 166 valence electrons. The maximum Gasteiger partial charge on any atom is 0.335 e. The molecule has 0 radical (unpaired) electrons. The second-order valence-electron chi connectivity index (χ2n) is 7.93. The van der Waals surface area contributed by atoms with Crippen molar-refractivity contribution in [3.8, 4) is 0 Å². The lowest BCUT2D eigenvalue weighted by Crippen LogP contribution is -2.54. The number of nitrogens with zero attached hydrogens (tertiary/aromatic N) is 1. The smallest absolute Gasteiger partial charge is 0.273 e. The number of carbonyl (C=O) groups is 3. The molecule has 0 aliphatic carbocycles. The maximum atomic E-state index is 13.0. The standard InChI is InChI=1S/C26H20Cl2N2O3/c1-15-9-16(2)11-18(10-15)12-19-8-7-17(14-22(19)28)13-20-24(31)29-26(33)30(25(20)32)23-6-4-3-5-21(23)27/h3-11,13-14H,12H2,1-2H3,(H,29,31,33)/b20-13+. The molecule has 1 aliphatic heterocycles. The van der Waals surface area contributed by atoms with Crippen LogP contribution in [0.15, 0.2) is 66.2 Å². The average molecular weight is 479 g/mol. The number of rotatable bonds is 4. The molecular formula is C26H20Cl2N2O3. The van der Waals surface area contributed by atoms with Gasteiger partial charge in [-0.3, -0.25) is 14.9 Å². The van der Waals surface area contributed by atoms with Gasteiger partial charge >= 0.3 is 6.03 Å². The van der Waals surface area contributed by atoms with Gasteiger partial charge in [0.05, 0.1) is 10.7 Å². The van der Waals surface area contributed by atoms with Gasteiger partial charge in [0.2, 0.25) is 0 Å². The third-order valence-corrected chi connectivity index (χ3v) is 5.93. The summed E-state index contributed by atoms with van der Waals surface area (Å²) in [7, 11) is 0. The van der Waals surface area contributed by atoms with E-state index in [0.29, 0.717) is 17.0 Å². The monoisotopic (exact) mass is 478 g/mol.